The maximum Gasteiger partial charge on any atom is 0.0431 e. The first-order valence-electron chi connectivity index (χ1n) is 3.89. The summed E-state index contributed by atoms with van der Waals surface area (Å²) in [6.45, 7) is 0.334. The van der Waals surface area contributed by atoms with Crippen LogP contribution in [0.5, 0.6) is 0 Å². The Morgan fingerprint density at radius 1 is 1.36 bits per heavy atom. The molecule has 11 heavy (non-hydrogen) atoms. The summed E-state index contributed by atoms with van der Waals surface area (Å²) in [4.78, 5) is 0. The van der Waals surface area contributed by atoms with Gasteiger partial charge in [0.25, 0.3) is 0 Å². The Morgan fingerprint density at radius 3 is 2.73 bits per heavy atom. The van der Waals surface area contributed by atoms with Gasteiger partial charge in [0.1, 0.15) is 0 Å². The van der Waals surface area contributed by atoms with E-state index in [2.05, 4.69) is 18.2 Å². The van der Waals surface area contributed by atoms with Gasteiger partial charge in [-0.2, -0.15) is 0 Å². The van der Waals surface area contributed by atoms with Crippen molar-refractivity contribution >= 4 is 0 Å². The van der Waals surface area contributed by atoms with Crippen LogP contribution in [-0.4, -0.2) is 11.7 Å². The van der Waals surface area contributed by atoms with Crippen molar-refractivity contribution in [3.8, 4) is 0 Å². The van der Waals surface area contributed by atoms with Gasteiger partial charge in [0.15, 0.2) is 0 Å². The molecular formula is C9H14OZr. The van der Waals surface area contributed by atoms with Crippen LogP contribution in [0, 0.1) is 0 Å². The zero-order chi connectivity index (χ0) is 7.23. The fourth-order valence-electron chi connectivity index (χ4n) is 1.14. The van der Waals surface area contributed by atoms with Gasteiger partial charge >= 0.3 is 0 Å². The molecule has 1 N–H and O–H groups in total. The first kappa shape index (κ1) is 11.3. The summed E-state index contributed by atoms with van der Waals surface area (Å²) in [6, 6.07) is 0. The third-order valence-corrected chi connectivity index (χ3v) is 1.75. The topological polar surface area (TPSA) is 20.2 Å². The normalized spacial score (nSPS) is 14.5. The quantitative estimate of drug-likeness (QED) is 0.732. The fraction of sp³-hybridized carbons (Fsp3) is 0.556. The maximum absolute atomic E-state index is 8.51. The Kier molecular flexibility index (Phi) is 7.20. The standard InChI is InChI=1S/C9H14O.Zr/c10-8-4-3-7-9-5-1-2-6-9;/h1-2,5,10H,3-4,6-8H2;. The number of hydrogen-bond donors (Lipinski definition) is 1. The second-order valence-electron chi connectivity index (χ2n) is 2.64. The van der Waals surface area contributed by atoms with Gasteiger partial charge in [0, 0.05) is 32.8 Å². The summed E-state index contributed by atoms with van der Waals surface area (Å²) in [6.07, 6.45) is 10.8. The summed E-state index contributed by atoms with van der Waals surface area (Å²) in [5.41, 5.74) is 1.51. The predicted molar refractivity (Wildman–Crippen MR) is 42.8 cm³/mol. The number of aliphatic hydroxyl groups excluding tert-OH is 1. The second-order valence-corrected chi connectivity index (χ2v) is 2.64. The number of aliphatic hydroxyl groups is 1. The summed E-state index contributed by atoms with van der Waals surface area (Å²) in [5.74, 6) is 0. The number of hydrogen-bond acceptors (Lipinski definition) is 1. The number of allylic oxidation sites excluding steroid dienone is 4. The second kappa shape index (κ2) is 7.00. The van der Waals surface area contributed by atoms with Gasteiger partial charge in [0.05, 0.1) is 0 Å². The minimum absolute atomic E-state index is 0. The minimum Gasteiger partial charge on any atom is -0.396 e. The molecule has 0 spiro atoms. The molecule has 0 aliphatic heterocycles. The van der Waals surface area contributed by atoms with E-state index in [1.807, 2.05) is 0 Å². The van der Waals surface area contributed by atoms with E-state index in [1.54, 1.807) is 0 Å². The minimum atomic E-state index is 0. The van der Waals surface area contributed by atoms with Gasteiger partial charge in [-0.1, -0.05) is 23.8 Å². The third-order valence-electron chi connectivity index (χ3n) is 1.75. The van der Waals surface area contributed by atoms with Crippen LogP contribution >= 0.6 is 0 Å². The van der Waals surface area contributed by atoms with Gasteiger partial charge in [-0.3, -0.25) is 0 Å². The molecule has 0 heterocycles. The fourth-order valence-corrected chi connectivity index (χ4v) is 1.14. The molecule has 0 aromatic heterocycles. The van der Waals surface area contributed by atoms with Crippen LogP contribution < -0.4 is 0 Å². The molecule has 1 aliphatic rings. The van der Waals surface area contributed by atoms with Crippen LogP contribution in [0.4, 0.5) is 0 Å². The zero-order valence-electron chi connectivity index (χ0n) is 6.71. The van der Waals surface area contributed by atoms with Crippen molar-refractivity contribution in [2.75, 3.05) is 6.61 Å². The zero-order valence-corrected chi connectivity index (χ0v) is 9.17. The molecule has 1 rings (SSSR count). The van der Waals surface area contributed by atoms with Gasteiger partial charge in [0.2, 0.25) is 0 Å². The van der Waals surface area contributed by atoms with Crippen molar-refractivity contribution < 1.29 is 31.3 Å². The molecule has 0 saturated carbocycles. The van der Waals surface area contributed by atoms with Crippen LogP contribution in [0.25, 0.3) is 0 Å². The van der Waals surface area contributed by atoms with Crippen LogP contribution in [0.1, 0.15) is 25.7 Å². The van der Waals surface area contributed by atoms with E-state index < -0.39 is 0 Å². The monoisotopic (exact) mass is 228 g/mol. The van der Waals surface area contributed by atoms with E-state index in [-0.39, 0.29) is 26.2 Å². The van der Waals surface area contributed by atoms with Crippen molar-refractivity contribution in [1.82, 2.24) is 0 Å². The number of rotatable bonds is 4. The molecule has 2 heteroatoms. The molecular weight excluding hydrogens is 215 g/mol. The number of unbranched alkanes of at least 4 members (excludes halogenated alkanes) is 1. The molecule has 0 saturated heterocycles. The Bertz CT molecular complexity index is 150. The van der Waals surface area contributed by atoms with Crippen LogP contribution in [0.3, 0.4) is 0 Å². The van der Waals surface area contributed by atoms with E-state index in [0.717, 1.165) is 25.7 Å². The summed E-state index contributed by atoms with van der Waals surface area (Å²) < 4.78 is 0. The predicted octanol–water partition coefficient (Wildman–Crippen LogP) is 2.03. The Balaban J connectivity index is 0.000001000. The van der Waals surface area contributed by atoms with Crippen molar-refractivity contribution in [2.24, 2.45) is 0 Å². The molecule has 0 aromatic rings. The third kappa shape index (κ3) is 4.71. The molecule has 0 atom stereocenters. The SMILES string of the molecule is OCCCCC1=CC=CC1.[Zr]. The van der Waals surface area contributed by atoms with E-state index in [9.17, 15) is 0 Å². The van der Waals surface area contributed by atoms with Gasteiger partial charge < -0.3 is 5.11 Å². The van der Waals surface area contributed by atoms with Crippen molar-refractivity contribution in [2.45, 2.75) is 25.7 Å². The Labute approximate surface area is 87.3 Å². The van der Waals surface area contributed by atoms with Crippen LogP contribution in [0.15, 0.2) is 23.8 Å². The molecule has 0 aromatic carbocycles. The molecule has 0 radical (unpaired) electrons. The average Bonchev–Trinajstić information content (AvgIpc) is 2.41. The molecule has 1 nitrogen and oxygen atoms in total. The van der Waals surface area contributed by atoms with Crippen LogP contribution in [0.2, 0.25) is 0 Å². The molecule has 1 aliphatic carbocycles. The van der Waals surface area contributed by atoms with Gasteiger partial charge in [-0.05, 0) is 25.7 Å². The van der Waals surface area contributed by atoms with E-state index in [1.165, 1.54) is 5.57 Å². The first-order valence-corrected chi connectivity index (χ1v) is 3.89. The first-order chi connectivity index (χ1) is 4.93. The maximum atomic E-state index is 8.51. The van der Waals surface area contributed by atoms with Crippen molar-refractivity contribution in [3.05, 3.63) is 23.8 Å². The van der Waals surface area contributed by atoms with Gasteiger partial charge in [-0.15, -0.1) is 0 Å². The van der Waals surface area contributed by atoms with E-state index in [0.29, 0.717) is 6.61 Å². The average molecular weight is 229 g/mol. The van der Waals surface area contributed by atoms with E-state index >= 15 is 0 Å². The van der Waals surface area contributed by atoms with Crippen LogP contribution in [-0.2, 0) is 26.2 Å². The Hall–Kier alpha value is 0.323. The molecule has 60 valence electrons. The van der Waals surface area contributed by atoms with Gasteiger partial charge in [-0.25, -0.2) is 0 Å². The summed E-state index contributed by atoms with van der Waals surface area (Å²) >= 11 is 0. The summed E-state index contributed by atoms with van der Waals surface area (Å²) in [7, 11) is 0. The molecule has 0 bridgehead atoms. The molecule has 0 fully saturated rings. The Morgan fingerprint density at radius 2 is 2.18 bits per heavy atom. The molecule has 0 unspecified atom stereocenters. The van der Waals surface area contributed by atoms with Crippen molar-refractivity contribution in [1.29, 1.82) is 0 Å². The largest absolute Gasteiger partial charge is 0.396 e. The van der Waals surface area contributed by atoms with E-state index in [4.69, 9.17) is 5.11 Å². The smallest absolute Gasteiger partial charge is 0.0431 e. The molecule has 0 amide bonds. The van der Waals surface area contributed by atoms with Crippen molar-refractivity contribution in [3.63, 3.8) is 0 Å². The summed E-state index contributed by atoms with van der Waals surface area (Å²) in [5, 5.41) is 8.51.